The van der Waals surface area contributed by atoms with Crippen LogP contribution in [0, 0.1) is 18.2 Å². The molecule has 21 heavy (non-hydrogen) atoms. The number of aliphatic hydroxyl groups is 1. The number of hydrogen-bond acceptors (Lipinski definition) is 3. The van der Waals surface area contributed by atoms with Gasteiger partial charge in [0.2, 0.25) is 0 Å². The first-order chi connectivity index (χ1) is 9.80. The first-order valence-electron chi connectivity index (χ1n) is 7.02. The minimum Gasteiger partial charge on any atom is -0.389 e. The molecule has 0 heterocycles. The quantitative estimate of drug-likeness (QED) is 0.784. The zero-order valence-corrected chi connectivity index (χ0v) is 13.0. The van der Waals surface area contributed by atoms with Crippen molar-refractivity contribution in [2.75, 3.05) is 19.7 Å². The third kappa shape index (κ3) is 7.81. The first-order valence-corrected chi connectivity index (χ1v) is 7.02. The van der Waals surface area contributed by atoms with E-state index in [1.165, 1.54) is 12.1 Å². The van der Waals surface area contributed by atoms with Gasteiger partial charge in [-0.2, -0.15) is 0 Å². The molecule has 0 aliphatic carbocycles. The largest absolute Gasteiger partial charge is 0.389 e. The van der Waals surface area contributed by atoms with E-state index in [4.69, 9.17) is 11.2 Å². The molecule has 0 bridgehead atoms. The standard InChI is InChI=1S/C17H24FNO2/c1-5-10-19(11-14-6-8-15(18)9-7-14)12-16(20)13-21-17(2,3)4/h1,6-9,16,20H,10-13H2,2-4H3. The highest BCUT2D eigenvalue weighted by Gasteiger charge is 2.16. The third-order valence-electron chi connectivity index (χ3n) is 2.81. The van der Waals surface area contributed by atoms with Crippen molar-refractivity contribution < 1.29 is 14.2 Å². The number of halogens is 1. The molecule has 1 N–H and O–H groups in total. The molecule has 0 amide bonds. The Bertz CT molecular complexity index is 459. The summed E-state index contributed by atoms with van der Waals surface area (Å²) in [5, 5.41) is 10.0. The van der Waals surface area contributed by atoms with Crippen molar-refractivity contribution in [3.05, 3.63) is 35.6 Å². The molecular formula is C17H24FNO2. The van der Waals surface area contributed by atoms with Gasteiger partial charge in [0.05, 0.1) is 24.9 Å². The SMILES string of the molecule is C#CCN(Cc1ccc(F)cc1)CC(O)COC(C)(C)C. The fourth-order valence-corrected chi connectivity index (χ4v) is 1.86. The van der Waals surface area contributed by atoms with E-state index >= 15 is 0 Å². The van der Waals surface area contributed by atoms with Gasteiger partial charge in [0, 0.05) is 13.1 Å². The first kappa shape index (κ1) is 17.6. The van der Waals surface area contributed by atoms with Crippen LogP contribution in [0.5, 0.6) is 0 Å². The van der Waals surface area contributed by atoms with Crippen molar-refractivity contribution in [3.63, 3.8) is 0 Å². The molecular weight excluding hydrogens is 269 g/mol. The number of aliphatic hydroxyl groups excluding tert-OH is 1. The normalized spacial score (nSPS) is 13.2. The highest BCUT2D eigenvalue weighted by atomic mass is 19.1. The predicted octanol–water partition coefficient (Wildman–Crippen LogP) is 2.44. The fourth-order valence-electron chi connectivity index (χ4n) is 1.86. The van der Waals surface area contributed by atoms with E-state index in [0.29, 0.717) is 19.6 Å². The van der Waals surface area contributed by atoms with Gasteiger partial charge in [-0.15, -0.1) is 6.42 Å². The average Bonchev–Trinajstić information content (AvgIpc) is 2.39. The fraction of sp³-hybridized carbons (Fsp3) is 0.529. The van der Waals surface area contributed by atoms with Crippen LogP contribution in [-0.4, -0.2) is 41.4 Å². The van der Waals surface area contributed by atoms with Crippen molar-refractivity contribution >= 4 is 0 Å². The van der Waals surface area contributed by atoms with Crippen molar-refractivity contribution in [1.29, 1.82) is 0 Å². The lowest BCUT2D eigenvalue weighted by Crippen LogP contribution is -2.36. The van der Waals surface area contributed by atoms with E-state index in [0.717, 1.165) is 5.56 Å². The van der Waals surface area contributed by atoms with Crippen LogP contribution in [0.15, 0.2) is 24.3 Å². The van der Waals surface area contributed by atoms with Crippen LogP contribution in [0.4, 0.5) is 4.39 Å². The molecule has 0 fully saturated rings. The van der Waals surface area contributed by atoms with Gasteiger partial charge in [-0.3, -0.25) is 4.90 Å². The molecule has 0 aromatic heterocycles. The summed E-state index contributed by atoms with van der Waals surface area (Å²) in [7, 11) is 0. The van der Waals surface area contributed by atoms with Gasteiger partial charge in [-0.25, -0.2) is 4.39 Å². The topological polar surface area (TPSA) is 32.7 Å². The summed E-state index contributed by atoms with van der Waals surface area (Å²) in [5.74, 6) is 2.31. The maximum Gasteiger partial charge on any atom is 0.123 e. The second-order valence-corrected chi connectivity index (χ2v) is 6.08. The Morgan fingerprint density at radius 1 is 1.33 bits per heavy atom. The van der Waals surface area contributed by atoms with Crippen LogP contribution >= 0.6 is 0 Å². The van der Waals surface area contributed by atoms with E-state index < -0.39 is 6.10 Å². The van der Waals surface area contributed by atoms with Crippen LogP contribution in [0.3, 0.4) is 0 Å². The van der Waals surface area contributed by atoms with Crippen molar-refractivity contribution in [1.82, 2.24) is 4.90 Å². The molecule has 0 saturated carbocycles. The molecule has 1 aromatic carbocycles. The lowest BCUT2D eigenvalue weighted by atomic mass is 10.2. The van der Waals surface area contributed by atoms with Gasteiger partial charge in [-0.05, 0) is 38.5 Å². The van der Waals surface area contributed by atoms with Crippen LogP contribution in [0.25, 0.3) is 0 Å². The van der Waals surface area contributed by atoms with E-state index in [1.54, 1.807) is 12.1 Å². The molecule has 0 aliphatic rings. The number of nitrogens with zero attached hydrogens (tertiary/aromatic N) is 1. The molecule has 3 nitrogen and oxygen atoms in total. The maximum atomic E-state index is 12.9. The Hall–Kier alpha value is -1.41. The molecule has 0 spiro atoms. The Balaban J connectivity index is 2.53. The Kier molecular flexibility index (Phi) is 6.83. The van der Waals surface area contributed by atoms with Gasteiger partial charge < -0.3 is 9.84 Å². The minimum atomic E-state index is -0.613. The van der Waals surface area contributed by atoms with Crippen molar-refractivity contribution in [2.45, 2.75) is 39.0 Å². The molecule has 0 aliphatic heterocycles. The van der Waals surface area contributed by atoms with Gasteiger partial charge in [-0.1, -0.05) is 18.1 Å². The summed E-state index contributed by atoms with van der Waals surface area (Å²) < 4.78 is 18.5. The van der Waals surface area contributed by atoms with Crippen LogP contribution in [0.2, 0.25) is 0 Å². The number of rotatable bonds is 7. The molecule has 1 atom stereocenters. The smallest absolute Gasteiger partial charge is 0.123 e. The van der Waals surface area contributed by atoms with Crippen LogP contribution in [-0.2, 0) is 11.3 Å². The minimum absolute atomic E-state index is 0.258. The summed E-state index contributed by atoms with van der Waals surface area (Å²) >= 11 is 0. The number of terminal acetylenes is 1. The highest BCUT2D eigenvalue weighted by molar-refractivity contribution is 5.16. The molecule has 0 radical (unpaired) electrons. The van der Waals surface area contributed by atoms with Crippen LogP contribution in [0.1, 0.15) is 26.3 Å². The number of hydrogen-bond donors (Lipinski definition) is 1. The van der Waals surface area contributed by atoms with E-state index in [9.17, 15) is 9.50 Å². The van der Waals surface area contributed by atoms with Crippen molar-refractivity contribution in [3.8, 4) is 12.3 Å². The Morgan fingerprint density at radius 3 is 2.48 bits per heavy atom. The zero-order valence-electron chi connectivity index (χ0n) is 13.0. The lowest BCUT2D eigenvalue weighted by Gasteiger charge is -2.26. The summed E-state index contributed by atoms with van der Waals surface area (Å²) in [5.41, 5.74) is 0.671. The van der Waals surface area contributed by atoms with Crippen molar-refractivity contribution in [2.24, 2.45) is 0 Å². The molecule has 1 unspecified atom stereocenters. The number of ether oxygens (including phenoxy) is 1. The molecule has 4 heteroatoms. The summed E-state index contributed by atoms with van der Waals surface area (Å²) in [4.78, 5) is 1.93. The third-order valence-corrected chi connectivity index (χ3v) is 2.81. The predicted molar refractivity (Wildman–Crippen MR) is 82.2 cm³/mol. The van der Waals surface area contributed by atoms with Gasteiger partial charge in [0.1, 0.15) is 5.82 Å². The maximum absolute atomic E-state index is 12.9. The summed E-state index contributed by atoms with van der Waals surface area (Å²) in [6.07, 6.45) is 4.75. The second-order valence-electron chi connectivity index (χ2n) is 6.08. The molecule has 1 aromatic rings. The Labute approximate surface area is 126 Å². The Morgan fingerprint density at radius 2 is 1.95 bits per heavy atom. The lowest BCUT2D eigenvalue weighted by molar-refractivity contribution is -0.0558. The molecule has 116 valence electrons. The van der Waals surface area contributed by atoms with Gasteiger partial charge >= 0.3 is 0 Å². The van der Waals surface area contributed by atoms with Crippen LogP contribution < -0.4 is 0 Å². The number of benzene rings is 1. The summed E-state index contributed by atoms with van der Waals surface area (Å²) in [6.45, 7) is 7.49. The van der Waals surface area contributed by atoms with E-state index in [2.05, 4.69) is 5.92 Å². The average molecular weight is 293 g/mol. The van der Waals surface area contributed by atoms with Gasteiger partial charge in [0.15, 0.2) is 0 Å². The van der Waals surface area contributed by atoms with E-state index in [1.807, 2.05) is 25.7 Å². The zero-order chi connectivity index (χ0) is 15.9. The highest BCUT2D eigenvalue weighted by Crippen LogP contribution is 2.10. The second kappa shape index (κ2) is 8.14. The molecule has 1 rings (SSSR count). The summed E-state index contributed by atoms with van der Waals surface area (Å²) in [6, 6.07) is 6.28. The van der Waals surface area contributed by atoms with Gasteiger partial charge in [0.25, 0.3) is 0 Å². The monoisotopic (exact) mass is 293 g/mol. The molecule has 0 saturated heterocycles. The van der Waals surface area contributed by atoms with E-state index in [-0.39, 0.29) is 18.0 Å².